The smallest absolute Gasteiger partial charge is 0.0434 e. The second-order valence-corrected chi connectivity index (χ2v) is 11.9. The molecule has 41 heavy (non-hydrogen) atoms. The zero-order valence-electron chi connectivity index (χ0n) is 22.3. The minimum atomic E-state index is 1.26. The number of rotatable bonds is 2. The fourth-order valence-electron chi connectivity index (χ4n) is 6.75. The van der Waals surface area contributed by atoms with Gasteiger partial charge in [0.2, 0.25) is 0 Å². The van der Waals surface area contributed by atoms with E-state index in [1.165, 1.54) is 85.5 Å². The molecule has 0 amide bonds. The van der Waals surface area contributed by atoms with E-state index in [0.717, 1.165) is 0 Å². The molecule has 0 bridgehead atoms. The van der Waals surface area contributed by atoms with Gasteiger partial charge in [0.05, 0.1) is 0 Å². The van der Waals surface area contributed by atoms with Crippen LogP contribution in [0, 0.1) is 0 Å². The van der Waals surface area contributed by atoms with Crippen LogP contribution in [-0.4, -0.2) is 0 Å². The molecule has 0 atom stereocenters. The highest BCUT2D eigenvalue weighted by Crippen LogP contribution is 2.48. The lowest BCUT2D eigenvalue weighted by atomic mass is 9.85. The molecule has 0 saturated heterocycles. The lowest BCUT2D eigenvalue weighted by molar-refractivity contribution is 1.69. The summed E-state index contributed by atoms with van der Waals surface area (Å²) in [5, 5.41) is 13.0. The SMILES string of the molecule is c1ccc2cc(-c3c4ccccc4c(-c4cccc5c4sc4cc6ccccc6cc45)c4ccccc34)ccc2c1. The van der Waals surface area contributed by atoms with E-state index in [1.54, 1.807) is 0 Å². The molecule has 1 heterocycles. The minimum Gasteiger partial charge on any atom is -0.135 e. The average molecular weight is 537 g/mol. The molecule has 0 unspecified atom stereocenters. The van der Waals surface area contributed by atoms with Crippen LogP contribution in [0.2, 0.25) is 0 Å². The summed E-state index contributed by atoms with van der Waals surface area (Å²) in [6, 6.07) is 53.7. The van der Waals surface area contributed by atoms with Crippen LogP contribution in [0.4, 0.5) is 0 Å². The largest absolute Gasteiger partial charge is 0.135 e. The normalized spacial score (nSPS) is 11.9. The summed E-state index contributed by atoms with van der Waals surface area (Å²) in [5.74, 6) is 0. The molecular formula is C40H24S. The molecule has 0 aliphatic heterocycles. The zero-order chi connectivity index (χ0) is 26.9. The van der Waals surface area contributed by atoms with Crippen LogP contribution in [0.3, 0.4) is 0 Å². The van der Waals surface area contributed by atoms with Crippen LogP contribution >= 0.6 is 11.3 Å². The minimum absolute atomic E-state index is 1.26. The third-order valence-electron chi connectivity index (χ3n) is 8.60. The van der Waals surface area contributed by atoms with Crippen molar-refractivity contribution < 1.29 is 0 Å². The second-order valence-electron chi connectivity index (χ2n) is 10.9. The topological polar surface area (TPSA) is 0 Å². The van der Waals surface area contributed by atoms with Crippen molar-refractivity contribution in [1.29, 1.82) is 0 Å². The van der Waals surface area contributed by atoms with Gasteiger partial charge in [-0.25, -0.2) is 0 Å². The zero-order valence-corrected chi connectivity index (χ0v) is 23.1. The van der Waals surface area contributed by atoms with Crippen molar-refractivity contribution in [3.05, 3.63) is 146 Å². The van der Waals surface area contributed by atoms with Crippen molar-refractivity contribution in [3.8, 4) is 22.3 Å². The molecule has 190 valence electrons. The van der Waals surface area contributed by atoms with E-state index in [0.29, 0.717) is 0 Å². The van der Waals surface area contributed by atoms with Gasteiger partial charge in [-0.2, -0.15) is 0 Å². The number of benzene rings is 8. The summed E-state index contributed by atoms with van der Waals surface area (Å²) < 4.78 is 2.69. The van der Waals surface area contributed by atoms with Gasteiger partial charge in [-0.3, -0.25) is 0 Å². The highest BCUT2D eigenvalue weighted by Gasteiger charge is 2.19. The van der Waals surface area contributed by atoms with Crippen LogP contribution in [-0.2, 0) is 0 Å². The highest BCUT2D eigenvalue weighted by atomic mass is 32.1. The van der Waals surface area contributed by atoms with Crippen LogP contribution in [0.25, 0.3) is 85.5 Å². The van der Waals surface area contributed by atoms with Crippen LogP contribution in [0.15, 0.2) is 146 Å². The molecule has 0 aliphatic rings. The standard InChI is InChI=1S/C40H24S/c1-2-11-26-22-29(21-20-25(26)10-1)38-30-14-5-7-16-32(30)39(33-17-8-6-15-31(33)38)35-19-9-18-34-36-23-27-12-3-4-13-28(27)24-37(36)41-40(34)35/h1-24H. The van der Waals surface area contributed by atoms with Crippen molar-refractivity contribution in [1.82, 2.24) is 0 Å². The Labute approximate surface area is 241 Å². The van der Waals surface area contributed by atoms with Gasteiger partial charge in [0.25, 0.3) is 0 Å². The predicted molar refractivity (Wildman–Crippen MR) is 180 cm³/mol. The number of hydrogen-bond acceptors (Lipinski definition) is 1. The molecule has 0 fully saturated rings. The Morgan fingerprint density at radius 3 is 1.56 bits per heavy atom. The maximum atomic E-state index is 2.37. The van der Waals surface area contributed by atoms with Crippen LogP contribution in [0.5, 0.6) is 0 Å². The maximum absolute atomic E-state index is 2.37. The Morgan fingerprint density at radius 1 is 0.341 bits per heavy atom. The molecular weight excluding hydrogens is 513 g/mol. The second kappa shape index (κ2) is 8.76. The van der Waals surface area contributed by atoms with Gasteiger partial charge in [-0.1, -0.05) is 127 Å². The highest BCUT2D eigenvalue weighted by molar-refractivity contribution is 7.26. The lowest BCUT2D eigenvalue weighted by Gasteiger charge is -2.18. The van der Waals surface area contributed by atoms with Gasteiger partial charge in [0, 0.05) is 25.7 Å². The van der Waals surface area contributed by atoms with Gasteiger partial charge >= 0.3 is 0 Å². The Kier molecular flexibility index (Phi) is 4.87. The van der Waals surface area contributed by atoms with E-state index in [9.17, 15) is 0 Å². The molecule has 0 radical (unpaired) electrons. The summed E-state index contributed by atoms with van der Waals surface area (Å²) in [6.45, 7) is 0. The van der Waals surface area contributed by atoms with Gasteiger partial charge in [-0.05, 0) is 78.0 Å². The Morgan fingerprint density at radius 2 is 0.878 bits per heavy atom. The first kappa shape index (κ1) is 22.8. The molecule has 0 spiro atoms. The summed E-state index contributed by atoms with van der Waals surface area (Å²) in [7, 11) is 0. The summed E-state index contributed by atoms with van der Waals surface area (Å²) >= 11 is 1.92. The van der Waals surface area contributed by atoms with Crippen molar-refractivity contribution in [2.45, 2.75) is 0 Å². The summed E-state index contributed by atoms with van der Waals surface area (Å²) in [6.07, 6.45) is 0. The van der Waals surface area contributed by atoms with E-state index < -0.39 is 0 Å². The third kappa shape index (κ3) is 3.40. The maximum Gasteiger partial charge on any atom is 0.0434 e. The van der Waals surface area contributed by atoms with E-state index in [-0.39, 0.29) is 0 Å². The molecule has 8 aromatic carbocycles. The van der Waals surface area contributed by atoms with E-state index in [4.69, 9.17) is 0 Å². The third-order valence-corrected chi connectivity index (χ3v) is 9.81. The van der Waals surface area contributed by atoms with Gasteiger partial charge in [-0.15, -0.1) is 11.3 Å². The van der Waals surface area contributed by atoms with E-state index in [2.05, 4.69) is 146 Å². The molecule has 1 heteroatoms. The number of thiophene rings is 1. The van der Waals surface area contributed by atoms with E-state index >= 15 is 0 Å². The van der Waals surface area contributed by atoms with Crippen LogP contribution < -0.4 is 0 Å². The summed E-state index contributed by atoms with van der Waals surface area (Å²) in [4.78, 5) is 0. The van der Waals surface area contributed by atoms with Crippen molar-refractivity contribution in [2.24, 2.45) is 0 Å². The summed E-state index contributed by atoms with van der Waals surface area (Å²) in [5.41, 5.74) is 5.20. The first-order chi connectivity index (χ1) is 20.3. The van der Waals surface area contributed by atoms with E-state index in [1.807, 2.05) is 11.3 Å². The molecule has 1 aromatic heterocycles. The molecule has 0 nitrogen and oxygen atoms in total. The number of hydrogen-bond donors (Lipinski definition) is 0. The van der Waals surface area contributed by atoms with Crippen LogP contribution in [0.1, 0.15) is 0 Å². The fourth-order valence-corrected chi connectivity index (χ4v) is 8.01. The van der Waals surface area contributed by atoms with Gasteiger partial charge < -0.3 is 0 Å². The average Bonchev–Trinajstić information content (AvgIpc) is 3.40. The van der Waals surface area contributed by atoms with Gasteiger partial charge in [0.1, 0.15) is 0 Å². The first-order valence-electron chi connectivity index (χ1n) is 14.1. The molecule has 9 rings (SSSR count). The van der Waals surface area contributed by atoms with Crippen molar-refractivity contribution in [2.75, 3.05) is 0 Å². The van der Waals surface area contributed by atoms with Crippen molar-refractivity contribution in [3.63, 3.8) is 0 Å². The Balaban J connectivity index is 1.40. The van der Waals surface area contributed by atoms with Gasteiger partial charge in [0.15, 0.2) is 0 Å². The quantitative estimate of drug-likeness (QED) is 0.193. The number of fused-ring (bicyclic) bond motifs is 7. The lowest BCUT2D eigenvalue weighted by Crippen LogP contribution is -1.91. The molecule has 0 aliphatic carbocycles. The predicted octanol–water partition coefficient (Wildman–Crippen LogP) is 12.0. The van der Waals surface area contributed by atoms with Crippen molar-refractivity contribution >= 4 is 74.6 Å². The Bertz CT molecular complexity index is 2420. The molecule has 0 N–H and O–H groups in total. The first-order valence-corrected chi connectivity index (χ1v) is 14.9. The monoisotopic (exact) mass is 536 g/mol. The Hall–Kier alpha value is -4.98. The molecule has 0 saturated carbocycles. The molecule has 9 aromatic rings. The fraction of sp³-hybridized carbons (Fsp3) is 0.